The molecule has 0 spiro atoms. The Morgan fingerprint density at radius 3 is 2.62 bits per heavy atom. The van der Waals surface area contributed by atoms with E-state index >= 15 is 0 Å². The first-order chi connectivity index (χ1) is 11.7. The van der Waals surface area contributed by atoms with Gasteiger partial charge in [-0.2, -0.15) is 0 Å². The van der Waals surface area contributed by atoms with Crippen molar-refractivity contribution >= 4 is 17.4 Å². The molecule has 0 bridgehead atoms. The molecule has 2 amide bonds. The minimum absolute atomic E-state index is 0.0493. The molecule has 0 aliphatic rings. The number of urea groups is 1. The molecule has 0 fully saturated rings. The highest BCUT2D eigenvalue weighted by Gasteiger charge is 2.34. The maximum Gasteiger partial charge on any atom is 0.315 e. The molecular formula is C18H18N2O3S. The Hall–Kier alpha value is -2.57. The van der Waals surface area contributed by atoms with Crippen molar-refractivity contribution in [1.29, 1.82) is 0 Å². The maximum absolute atomic E-state index is 12.0. The van der Waals surface area contributed by atoms with Crippen LogP contribution in [0.1, 0.15) is 16.0 Å². The van der Waals surface area contributed by atoms with E-state index in [4.69, 9.17) is 4.42 Å². The first-order valence-corrected chi connectivity index (χ1v) is 8.41. The van der Waals surface area contributed by atoms with Gasteiger partial charge in [0.15, 0.2) is 0 Å². The van der Waals surface area contributed by atoms with Gasteiger partial charge < -0.3 is 20.2 Å². The van der Waals surface area contributed by atoms with Crippen LogP contribution in [0.3, 0.4) is 0 Å². The third-order valence-electron chi connectivity index (χ3n) is 3.73. The molecular weight excluding hydrogens is 324 g/mol. The summed E-state index contributed by atoms with van der Waals surface area (Å²) in [6, 6.07) is 14.7. The van der Waals surface area contributed by atoms with Crippen molar-refractivity contribution in [2.45, 2.75) is 12.1 Å². The van der Waals surface area contributed by atoms with Gasteiger partial charge in [-0.25, -0.2) is 4.79 Å². The fraction of sp³-hybridized carbons (Fsp3) is 0.167. The van der Waals surface area contributed by atoms with Gasteiger partial charge in [-0.3, -0.25) is 0 Å². The third-order valence-corrected chi connectivity index (χ3v) is 4.75. The average Bonchev–Trinajstić information content (AvgIpc) is 3.32. The molecule has 0 aliphatic heterocycles. The molecule has 2 heterocycles. The normalized spacial score (nSPS) is 13.2. The number of benzene rings is 1. The van der Waals surface area contributed by atoms with E-state index in [2.05, 4.69) is 10.6 Å². The summed E-state index contributed by atoms with van der Waals surface area (Å²) in [4.78, 5) is 12.8. The zero-order valence-electron chi connectivity index (χ0n) is 12.9. The number of hydrogen-bond donors (Lipinski definition) is 3. The highest BCUT2D eigenvalue weighted by Crippen LogP contribution is 2.32. The molecule has 0 unspecified atom stereocenters. The molecule has 1 atom stereocenters. The molecule has 3 rings (SSSR count). The molecule has 3 aromatic rings. The van der Waals surface area contributed by atoms with Crippen LogP contribution in [0.15, 0.2) is 70.9 Å². The summed E-state index contributed by atoms with van der Waals surface area (Å²) < 4.78 is 5.09. The molecule has 0 saturated heterocycles. The lowest BCUT2D eigenvalue weighted by atomic mass is 9.94. The van der Waals surface area contributed by atoms with Gasteiger partial charge in [0.2, 0.25) is 0 Å². The number of thiophene rings is 1. The predicted molar refractivity (Wildman–Crippen MR) is 92.7 cm³/mol. The second kappa shape index (κ2) is 7.33. The molecule has 0 saturated carbocycles. The second-order valence-corrected chi connectivity index (χ2v) is 6.32. The van der Waals surface area contributed by atoms with Crippen molar-refractivity contribution in [3.8, 4) is 0 Å². The summed E-state index contributed by atoms with van der Waals surface area (Å²) in [5, 5.41) is 18.5. The number of aliphatic hydroxyl groups is 1. The zero-order chi connectivity index (χ0) is 16.8. The number of carbonyl (C=O) groups excluding carboxylic acids is 1. The summed E-state index contributed by atoms with van der Waals surface area (Å²) in [5.41, 5.74) is 0.301. The van der Waals surface area contributed by atoms with Crippen LogP contribution in [-0.4, -0.2) is 17.7 Å². The maximum atomic E-state index is 12.0. The Bertz CT molecular complexity index is 721. The van der Waals surface area contributed by atoms with Crippen molar-refractivity contribution in [2.75, 3.05) is 6.54 Å². The zero-order valence-corrected chi connectivity index (χ0v) is 13.8. The van der Waals surface area contributed by atoms with Gasteiger partial charge in [-0.1, -0.05) is 36.4 Å². The largest absolute Gasteiger partial charge is 0.472 e. The highest BCUT2D eigenvalue weighted by molar-refractivity contribution is 7.10. The van der Waals surface area contributed by atoms with Crippen LogP contribution in [0.2, 0.25) is 0 Å². The first-order valence-electron chi connectivity index (χ1n) is 7.53. The summed E-state index contributed by atoms with van der Waals surface area (Å²) in [6.45, 7) is 0.476. The van der Waals surface area contributed by atoms with Crippen LogP contribution < -0.4 is 10.6 Å². The molecule has 6 heteroatoms. The highest BCUT2D eigenvalue weighted by atomic mass is 32.1. The standard InChI is InChI=1S/C18H18N2O3S/c21-17(19-11-14-5-2-1-3-6-14)20-13-18(22,15-8-9-23-12-15)16-7-4-10-24-16/h1-10,12,22H,11,13H2,(H2,19,20,21)/t18-/m1/s1. The molecule has 124 valence electrons. The monoisotopic (exact) mass is 342 g/mol. The number of furan rings is 1. The Balaban J connectivity index is 1.63. The van der Waals surface area contributed by atoms with Gasteiger partial charge in [0, 0.05) is 17.0 Å². The quantitative estimate of drug-likeness (QED) is 0.644. The summed E-state index contributed by atoms with van der Waals surface area (Å²) in [7, 11) is 0. The van der Waals surface area contributed by atoms with Crippen molar-refractivity contribution < 1.29 is 14.3 Å². The topological polar surface area (TPSA) is 74.5 Å². The SMILES string of the molecule is O=C(NCc1ccccc1)NC[C@@](O)(c1ccoc1)c1cccs1. The predicted octanol–water partition coefficient (Wildman–Crippen LogP) is 3.08. The molecule has 2 aromatic heterocycles. The minimum Gasteiger partial charge on any atom is -0.472 e. The van der Waals surface area contributed by atoms with Gasteiger partial charge in [-0.05, 0) is 23.1 Å². The Morgan fingerprint density at radius 1 is 1.12 bits per heavy atom. The van der Waals surface area contributed by atoms with E-state index in [1.54, 1.807) is 6.07 Å². The molecule has 0 radical (unpaired) electrons. The Morgan fingerprint density at radius 2 is 1.96 bits per heavy atom. The summed E-state index contributed by atoms with van der Waals surface area (Å²) >= 11 is 1.43. The second-order valence-electron chi connectivity index (χ2n) is 5.37. The smallest absolute Gasteiger partial charge is 0.315 e. The number of carbonyl (C=O) groups is 1. The van der Waals surface area contributed by atoms with Gasteiger partial charge in [0.05, 0.1) is 19.1 Å². The summed E-state index contributed by atoms with van der Waals surface area (Å²) in [5.74, 6) is 0. The number of nitrogens with one attached hydrogen (secondary N) is 2. The van der Waals surface area contributed by atoms with Crippen LogP contribution in [0.5, 0.6) is 0 Å². The number of amides is 2. The van der Waals surface area contributed by atoms with Crippen LogP contribution in [0.25, 0.3) is 0 Å². The average molecular weight is 342 g/mol. The van der Waals surface area contributed by atoms with E-state index in [0.717, 1.165) is 10.4 Å². The Kier molecular flexibility index (Phi) is 4.98. The van der Waals surface area contributed by atoms with Crippen LogP contribution in [0, 0.1) is 0 Å². The van der Waals surface area contributed by atoms with Gasteiger partial charge >= 0.3 is 6.03 Å². The van der Waals surface area contributed by atoms with Crippen molar-refractivity contribution in [3.63, 3.8) is 0 Å². The van der Waals surface area contributed by atoms with Crippen molar-refractivity contribution in [1.82, 2.24) is 10.6 Å². The van der Waals surface area contributed by atoms with E-state index in [-0.39, 0.29) is 12.6 Å². The molecule has 1 aromatic carbocycles. The van der Waals surface area contributed by atoms with E-state index in [1.165, 1.54) is 23.9 Å². The van der Waals surface area contributed by atoms with Crippen molar-refractivity contribution in [3.05, 3.63) is 82.4 Å². The van der Waals surface area contributed by atoms with Crippen LogP contribution in [-0.2, 0) is 12.1 Å². The van der Waals surface area contributed by atoms with E-state index in [1.807, 2.05) is 47.8 Å². The first kappa shape index (κ1) is 16.3. The lowest BCUT2D eigenvalue weighted by Crippen LogP contribution is -2.44. The molecule has 0 aliphatic carbocycles. The van der Waals surface area contributed by atoms with Gasteiger partial charge in [-0.15, -0.1) is 11.3 Å². The minimum atomic E-state index is -1.31. The van der Waals surface area contributed by atoms with Crippen LogP contribution in [0.4, 0.5) is 4.79 Å². The number of rotatable bonds is 6. The lowest BCUT2D eigenvalue weighted by Gasteiger charge is -2.26. The molecule has 24 heavy (non-hydrogen) atoms. The van der Waals surface area contributed by atoms with E-state index in [9.17, 15) is 9.90 Å². The third kappa shape index (κ3) is 3.67. The number of hydrogen-bond acceptors (Lipinski definition) is 4. The van der Waals surface area contributed by atoms with Crippen molar-refractivity contribution in [2.24, 2.45) is 0 Å². The lowest BCUT2D eigenvalue weighted by molar-refractivity contribution is 0.0852. The summed E-state index contributed by atoms with van der Waals surface area (Å²) in [6.07, 6.45) is 2.99. The van der Waals surface area contributed by atoms with Gasteiger partial charge in [0.1, 0.15) is 5.60 Å². The molecule has 5 nitrogen and oxygen atoms in total. The Labute approximate surface area is 143 Å². The fourth-order valence-corrected chi connectivity index (χ4v) is 3.24. The van der Waals surface area contributed by atoms with Crippen LogP contribution >= 0.6 is 11.3 Å². The van der Waals surface area contributed by atoms with E-state index in [0.29, 0.717) is 12.1 Å². The fourth-order valence-electron chi connectivity index (χ4n) is 2.39. The van der Waals surface area contributed by atoms with Gasteiger partial charge in [0.25, 0.3) is 0 Å². The van der Waals surface area contributed by atoms with E-state index < -0.39 is 5.60 Å². The molecule has 3 N–H and O–H groups in total.